The van der Waals surface area contributed by atoms with Gasteiger partial charge in [0.2, 0.25) is 0 Å². The normalized spacial score (nSPS) is 15.0. The van der Waals surface area contributed by atoms with Gasteiger partial charge in [0.15, 0.2) is 0 Å². The molecule has 0 fully saturated rings. The van der Waals surface area contributed by atoms with Crippen LogP contribution in [0.4, 0.5) is 13.2 Å². The summed E-state index contributed by atoms with van der Waals surface area (Å²) in [6, 6.07) is -0.0372. The van der Waals surface area contributed by atoms with Gasteiger partial charge in [0, 0.05) is 19.6 Å². The van der Waals surface area contributed by atoms with Crippen molar-refractivity contribution in [3.8, 4) is 0 Å². The smallest absolute Gasteiger partial charge is 0.377 e. The predicted octanol–water partition coefficient (Wildman–Crippen LogP) is 3.51. The fourth-order valence-electron chi connectivity index (χ4n) is 2.35. The minimum Gasteiger partial charge on any atom is -0.377 e. The van der Waals surface area contributed by atoms with Gasteiger partial charge >= 0.3 is 6.18 Å². The maximum atomic E-state index is 12.1. The Bertz CT molecular complexity index is 194. The van der Waals surface area contributed by atoms with Crippen molar-refractivity contribution >= 4 is 0 Å². The molecule has 17 heavy (non-hydrogen) atoms. The van der Waals surface area contributed by atoms with E-state index in [0.717, 1.165) is 12.8 Å². The number of methoxy groups -OCH3 is 1. The first-order valence-corrected chi connectivity index (χ1v) is 6.14. The van der Waals surface area contributed by atoms with Gasteiger partial charge in [-0.25, -0.2) is 0 Å². The minimum absolute atomic E-state index is 0.0372. The zero-order valence-electron chi connectivity index (χ0n) is 11.2. The molecule has 0 aromatic carbocycles. The molecule has 0 aromatic rings. The molecule has 0 aliphatic heterocycles. The van der Waals surface area contributed by atoms with Crippen LogP contribution in [0.1, 0.15) is 46.0 Å². The zero-order valence-corrected chi connectivity index (χ0v) is 11.2. The summed E-state index contributed by atoms with van der Waals surface area (Å²) in [7, 11) is 3.40. The summed E-state index contributed by atoms with van der Waals surface area (Å²) >= 11 is 0. The Morgan fingerprint density at radius 2 is 1.71 bits per heavy atom. The van der Waals surface area contributed by atoms with E-state index in [4.69, 9.17) is 4.74 Å². The Hall–Kier alpha value is -0.290. The first-order valence-electron chi connectivity index (χ1n) is 6.14. The van der Waals surface area contributed by atoms with Gasteiger partial charge in [-0.1, -0.05) is 13.8 Å². The maximum Gasteiger partial charge on any atom is 0.389 e. The zero-order chi connectivity index (χ0) is 13.5. The van der Waals surface area contributed by atoms with Crippen LogP contribution in [0.15, 0.2) is 0 Å². The number of nitrogens with one attached hydrogen (secondary N) is 1. The third-order valence-electron chi connectivity index (χ3n) is 3.54. The Morgan fingerprint density at radius 1 is 1.18 bits per heavy atom. The Balaban J connectivity index is 4.40. The average Bonchev–Trinajstić information content (AvgIpc) is 2.28. The second-order valence-electron chi connectivity index (χ2n) is 4.32. The molecule has 0 saturated carbocycles. The molecular formula is C12H24F3NO. The highest BCUT2D eigenvalue weighted by molar-refractivity contribution is 4.90. The molecule has 0 aliphatic carbocycles. The standard InChI is InChI=1S/C12H24F3NO/c1-5-11(6-2,17-4)10(16-3)8-7-9-12(13,14)15/h10,16H,5-9H2,1-4H3. The molecule has 0 rings (SSSR count). The van der Waals surface area contributed by atoms with E-state index in [1.54, 1.807) is 14.2 Å². The lowest BCUT2D eigenvalue weighted by atomic mass is 9.85. The molecule has 0 bridgehead atoms. The highest BCUT2D eigenvalue weighted by Crippen LogP contribution is 2.29. The third kappa shape index (κ3) is 5.25. The van der Waals surface area contributed by atoms with Gasteiger partial charge in [-0.05, 0) is 32.7 Å². The van der Waals surface area contributed by atoms with Crippen molar-refractivity contribution in [2.45, 2.75) is 63.8 Å². The van der Waals surface area contributed by atoms with Crippen molar-refractivity contribution in [3.05, 3.63) is 0 Å². The van der Waals surface area contributed by atoms with Gasteiger partial charge < -0.3 is 10.1 Å². The average molecular weight is 255 g/mol. The first kappa shape index (κ1) is 16.7. The summed E-state index contributed by atoms with van der Waals surface area (Å²) in [4.78, 5) is 0. The van der Waals surface area contributed by atoms with Crippen molar-refractivity contribution < 1.29 is 17.9 Å². The fourth-order valence-corrected chi connectivity index (χ4v) is 2.35. The molecule has 0 spiro atoms. The second-order valence-corrected chi connectivity index (χ2v) is 4.32. The maximum absolute atomic E-state index is 12.1. The van der Waals surface area contributed by atoms with Crippen LogP contribution < -0.4 is 5.32 Å². The van der Waals surface area contributed by atoms with Crippen LogP contribution >= 0.6 is 0 Å². The van der Waals surface area contributed by atoms with Crippen LogP contribution in [-0.4, -0.2) is 32.0 Å². The van der Waals surface area contributed by atoms with Gasteiger partial charge in [0.1, 0.15) is 0 Å². The molecule has 1 N–H and O–H groups in total. The summed E-state index contributed by atoms with van der Waals surface area (Å²) in [6.07, 6.45) is -2.59. The van der Waals surface area contributed by atoms with Crippen molar-refractivity contribution in [3.63, 3.8) is 0 Å². The molecule has 0 amide bonds. The topological polar surface area (TPSA) is 21.3 Å². The monoisotopic (exact) mass is 255 g/mol. The molecular weight excluding hydrogens is 231 g/mol. The van der Waals surface area contributed by atoms with Crippen molar-refractivity contribution in [1.82, 2.24) is 5.32 Å². The number of alkyl halides is 3. The lowest BCUT2D eigenvalue weighted by Gasteiger charge is -2.38. The highest BCUT2D eigenvalue weighted by Gasteiger charge is 2.35. The molecule has 0 saturated heterocycles. The quantitative estimate of drug-likeness (QED) is 0.716. The number of halogens is 3. The molecule has 1 unspecified atom stereocenters. The third-order valence-corrected chi connectivity index (χ3v) is 3.54. The SMILES string of the molecule is CCC(CC)(OC)C(CCCC(F)(F)F)NC. The largest absolute Gasteiger partial charge is 0.389 e. The number of hydrogen-bond donors (Lipinski definition) is 1. The predicted molar refractivity (Wildman–Crippen MR) is 63.1 cm³/mol. The molecule has 0 radical (unpaired) electrons. The summed E-state index contributed by atoms with van der Waals surface area (Å²) in [5.41, 5.74) is -0.361. The number of likely N-dealkylation sites (N-methyl/N-ethyl adjacent to an activating group) is 1. The van der Waals surface area contributed by atoms with Gasteiger partial charge in [-0.2, -0.15) is 13.2 Å². The number of ether oxygens (including phenoxy) is 1. The summed E-state index contributed by atoms with van der Waals surface area (Å²) in [5, 5.41) is 3.09. The number of rotatable bonds is 8. The molecule has 2 nitrogen and oxygen atoms in total. The van der Waals surface area contributed by atoms with E-state index in [0.29, 0.717) is 6.42 Å². The van der Waals surface area contributed by atoms with Crippen LogP contribution in [0.3, 0.4) is 0 Å². The minimum atomic E-state index is -4.06. The molecule has 5 heteroatoms. The van der Waals surface area contributed by atoms with Crippen molar-refractivity contribution in [2.24, 2.45) is 0 Å². The van der Waals surface area contributed by atoms with E-state index in [1.807, 2.05) is 13.8 Å². The lowest BCUT2D eigenvalue weighted by Crippen LogP contribution is -2.50. The highest BCUT2D eigenvalue weighted by atomic mass is 19.4. The Labute approximate surface area is 102 Å². The van der Waals surface area contributed by atoms with Gasteiger partial charge in [-0.15, -0.1) is 0 Å². The molecule has 0 heterocycles. The van der Waals surface area contributed by atoms with Gasteiger partial charge in [0.25, 0.3) is 0 Å². The fraction of sp³-hybridized carbons (Fsp3) is 1.00. The molecule has 0 aromatic heterocycles. The molecule has 1 atom stereocenters. The lowest BCUT2D eigenvalue weighted by molar-refractivity contribution is -0.137. The van der Waals surface area contributed by atoms with Gasteiger partial charge in [0.05, 0.1) is 5.60 Å². The first-order chi connectivity index (χ1) is 7.85. The molecule has 0 aliphatic rings. The van der Waals surface area contributed by atoms with Crippen LogP contribution in [0, 0.1) is 0 Å². The number of hydrogen-bond acceptors (Lipinski definition) is 2. The Kier molecular flexibility index (Phi) is 7.09. The van der Waals surface area contributed by atoms with E-state index in [1.165, 1.54) is 0 Å². The van der Waals surface area contributed by atoms with Gasteiger partial charge in [-0.3, -0.25) is 0 Å². The summed E-state index contributed by atoms with van der Waals surface area (Å²) in [6.45, 7) is 4.00. The van der Waals surface area contributed by atoms with Crippen LogP contribution in [-0.2, 0) is 4.74 Å². The van der Waals surface area contributed by atoms with Crippen LogP contribution in [0.25, 0.3) is 0 Å². The summed E-state index contributed by atoms with van der Waals surface area (Å²) in [5.74, 6) is 0. The van der Waals surface area contributed by atoms with E-state index in [-0.39, 0.29) is 18.1 Å². The molecule has 104 valence electrons. The van der Waals surface area contributed by atoms with Crippen LogP contribution in [0.5, 0.6) is 0 Å². The Morgan fingerprint density at radius 3 is 2.00 bits per heavy atom. The van der Waals surface area contributed by atoms with E-state index in [9.17, 15) is 13.2 Å². The van der Waals surface area contributed by atoms with E-state index >= 15 is 0 Å². The second kappa shape index (κ2) is 7.21. The van der Waals surface area contributed by atoms with Crippen molar-refractivity contribution in [1.29, 1.82) is 0 Å². The van der Waals surface area contributed by atoms with E-state index in [2.05, 4.69) is 5.32 Å². The van der Waals surface area contributed by atoms with Crippen molar-refractivity contribution in [2.75, 3.05) is 14.2 Å². The van der Waals surface area contributed by atoms with Crippen LogP contribution in [0.2, 0.25) is 0 Å². The summed E-state index contributed by atoms with van der Waals surface area (Å²) < 4.78 is 41.8. The van der Waals surface area contributed by atoms with E-state index < -0.39 is 12.6 Å².